The quantitative estimate of drug-likeness (QED) is 0.753. The number of rotatable bonds is 2. The van der Waals surface area contributed by atoms with Gasteiger partial charge in [-0.2, -0.15) is 0 Å². The second-order valence-electron chi connectivity index (χ2n) is 4.97. The van der Waals surface area contributed by atoms with E-state index < -0.39 is 0 Å². The van der Waals surface area contributed by atoms with Crippen molar-refractivity contribution < 1.29 is 4.74 Å². The van der Waals surface area contributed by atoms with Crippen LogP contribution >= 0.6 is 0 Å². The van der Waals surface area contributed by atoms with Crippen LogP contribution in [0.15, 0.2) is 12.1 Å². The molecule has 3 heteroatoms. The highest BCUT2D eigenvalue weighted by atomic mass is 16.5. The summed E-state index contributed by atoms with van der Waals surface area (Å²) in [6.45, 7) is 7.30. The molecule has 0 saturated heterocycles. The van der Waals surface area contributed by atoms with Crippen molar-refractivity contribution in [2.24, 2.45) is 5.92 Å². The summed E-state index contributed by atoms with van der Waals surface area (Å²) < 4.78 is 5.74. The minimum atomic E-state index is 0.186. The lowest BCUT2D eigenvalue weighted by Gasteiger charge is -2.26. The highest BCUT2D eigenvalue weighted by molar-refractivity contribution is 5.71. The number of hydrogen-bond donors (Lipinski definition) is 2. The van der Waals surface area contributed by atoms with Crippen LogP contribution < -0.4 is 15.8 Å². The predicted molar refractivity (Wildman–Crippen MR) is 68.0 cm³/mol. The number of nitrogens with one attached hydrogen (secondary N) is 1. The first kappa shape index (κ1) is 11.1. The molecule has 1 aromatic rings. The van der Waals surface area contributed by atoms with Crippen LogP contribution in [-0.2, 0) is 6.42 Å². The molecule has 2 rings (SSSR count). The van der Waals surface area contributed by atoms with Crippen molar-refractivity contribution in [1.29, 1.82) is 0 Å². The molecule has 0 fully saturated rings. The molecule has 88 valence electrons. The van der Waals surface area contributed by atoms with Crippen molar-refractivity contribution in [3.63, 3.8) is 0 Å². The van der Waals surface area contributed by atoms with Gasteiger partial charge in [0.1, 0.15) is 6.10 Å². The number of ether oxygens (including phenoxy) is 1. The van der Waals surface area contributed by atoms with Crippen molar-refractivity contribution in [2.75, 3.05) is 17.6 Å². The Kier molecular flexibility index (Phi) is 2.95. The molecule has 0 aromatic heterocycles. The van der Waals surface area contributed by atoms with Gasteiger partial charge in [-0.15, -0.1) is 0 Å². The molecular formula is C13H20N2O. The van der Waals surface area contributed by atoms with Crippen molar-refractivity contribution >= 4 is 11.4 Å². The maximum atomic E-state index is 6.02. The first-order chi connectivity index (χ1) is 7.56. The Bertz CT molecular complexity index is 388. The van der Waals surface area contributed by atoms with Gasteiger partial charge in [0.2, 0.25) is 0 Å². The second-order valence-corrected chi connectivity index (χ2v) is 4.97. The number of nitrogen functional groups attached to an aromatic ring is 1. The molecule has 1 aromatic carbocycles. The van der Waals surface area contributed by atoms with E-state index in [1.807, 2.05) is 13.0 Å². The maximum absolute atomic E-state index is 6.02. The van der Waals surface area contributed by atoms with Gasteiger partial charge in [0, 0.05) is 0 Å². The first-order valence-electron chi connectivity index (χ1n) is 5.89. The monoisotopic (exact) mass is 220 g/mol. The van der Waals surface area contributed by atoms with E-state index >= 15 is 0 Å². The van der Waals surface area contributed by atoms with Gasteiger partial charge in [0.05, 0.1) is 17.9 Å². The molecule has 0 radical (unpaired) electrons. The third-order valence-corrected chi connectivity index (χ3v) is 2.72. The molecule has 3 nitrogen and oxygen atoms in total. The highest BCUT2D eigenvalue weighted by Gasteiger charge is 2.18. The number of fused-ring (bicyclic) bond motifs is 1. The van der Waals surface area contributed by atoms with Gasteiger partial charge in [-0.25, -0.2) is 0 Å². The summed E-state index contributed by atoms with van der Waals surface area (Å²) in [6, 6.07) is 4.18. The van der Waals surface area contributed by atoms with Crippen molar-refractivity contribution in [2.45, 2.75) is 33.3 Å². The maximum Gasteiger partial charge on any atom is 0.165 e. The molecule has 1 aliphatic heterocycles. The van der Waals surface area contributed by atoms with Crippen LogP contribution in [0.4, 0.5) is 11.4 Å². The van der Waals surface area contributed by atoms with Gasteiger partial charge in [-0.05, 0) is 37.0 Å². The fraction of sp³-hybridized carbons (Fsp3) is 0.538. The van der Waals surface area contributed by atoms with E-state index in [0.29, 0.717) is 5.92 Å². The first-order valence-corrected chi connectivity index (χ1v) is 5.89. The molecule has 0 bridgehead atoms. The van der Waals surface area contributed by atoms with E-state index in [-0.39, 0.29) is 6.10 Å². The van der Waals surface area contributed by atoms with Crippen LogP contribution in [0.3, 0.4) is 0 Å². The van der Waals surface area contributed by atoms with E-state index in [0.717, 1.165) is 30.1 Å². The summed E-state index contributed by atoms with van der Waals surface area (Å²) in [5.74, 6) is 1.45. The van der Waals surface area contributed by atoms with E-state index in [2.05, 4.69) is 25.2 Å². The topological polar surface area (TPSA) is 47.3 Å². The largest absolute Gasteiger partial charge is 0.485 e. The van der Waals surface area contributed by atoms with E-state index in [1.165, 1.54) is 5.56 Å². The third kappa shape index (κ3) is 2.23. The fourth-order valence-corrected chi connectivity index (χ4v) is 2.06. The normalized spacial score (nSPS) is 18.9. The van der Waals surface area contributed by atoms with Crippen LogP contribution in [0, 0.1) is 5.92 Å². The minimum absolute atomic E-state index is 0.186. The molecule has 16 heavy (non-hydrogen) atoms. The molecule has 0 saturated carbocycles. The zero-order chi connectivity index (χ0) is 11.7. The van der Waals surface area contributed by atoms with E-state index in [4.69, 9.17) is 10.5 Å². The third-order valence-electron chi connectivity index (χ3n) is 2.72. The molecule has 0 spiro atoms. The fourth-order valence-electron chi connectivity index (χ4n) is 2.06. The Hall–Kier alpha value is -1.38. The average molecular weight is 220 g/mol. The number of anilines is 2. The molecule has 1 unspecified atom stereocenters. The van der Waals surface area contributed by atoms with Crippen LogP contribution in [-0.4, -0.2) is 12.6 Å². The molecule has 0 amide bonds. The van der Waals surface area contributed by atoms with Crippen LogP contribution in [0.25, 0.3) is 0 Å². The summed E-state index contributed by atoms with van der Waals surface area (Å²) in [7, 11) is 0. The SMILES string of the molecule is CC(C)Cc1cc(N)c2c(c1)NCC(C)O2. The van der Waals surface area contributed by atoms with Crippen molar-refractivity contribution in [1.82, 2.24) is 0 Å². The molecule has 1 heterocycles. The van der Waals surface area contributed by atoms with Gasteiger partial charge in [0.15, 0.2) is 5.75 Å². The minimum Gasteiger partial charge on any atom is -0.485 e. The highest BCUT2D eigenvalue weighted by Crippen LogP contribution is 2.36. The van der Waals surface area contributed by atoms with Gasteiger partial charge >= 0.3 is 0 Å². The zero-order valence-electron chi connectivity index (χ0n) is 10.2. The number of nitrogens with two attached hydrogens (primary N) is 1. The smallest absolute Gasteiger partial charge is 0.165 e. The van der Waals surface area contributed by atoms with Gasteiger partial charge < -0.3 is 15.8 Å². The lowest BCUT2D eigenvalue weighted by molar-refractivity contribution is 0.227. The summed E-state index contributed by atoms with van der Waals surface area (Å²) in [5, 5.41) is 3.36. The van der Waals surface area contributed by atoms with Gasteiger partial charge in [0.25, 0.3) is 0 Å². The number of hydrogen-bond acceptors (Lipinski definition) is 3. The summed E-state index contributed by atoms with van der Waals surface area (Å²) >= 11 is 0. The Morgan fingerprint density at radius 3 is 2.94 bits per heavy atom. The van der Waals surface area contributed by atoms with Crippen molar-refractivity contribution in [3.05, 3.63) is 17.7 Å². The summed E-state index contributed by atoms with van der Waals surface area (Å²) in [5.41, 5.74) is 9.07. The summed E-state index contributed by atoms with van der Waals surface area (Å²) in [6.07, 6.45) is 1.24. The zero-order valence-corrected chi connectivity index (χ0v) is 10.2. The average Bonchev–Trinajstić information content (AvgIpc) is 2.18. The lowest BCUT2D eigenvalue weighted by Crippen LogP contribution is -2.28. The van der Waals surface area contributed by atoms with E-state index in [9.17, 15) is 0 Å². The Morgan fingerprint density at radius 2 is 2.25 bits per heavy atom. The molecule has 1 aliphatic rings. The van der Waals surface area contributed by atoms with Crippen LogP contribution in [0.1, 0.15) is 26.3 Å². The molecule has 1 atom stereocenters. The van der Waals surface area contributed by atoms with Crippen LogP contribution in [0.2, 0.25) is 0 Å². The molecule has 0 aliphatic carbocycles. The van der Waals surface area contributed by atoms with Gasteiger partial charge in [-0.1, -0.05) is 13.8 Å². The number of benzene rings is 1. The lowest BCUT2D eigenvalue weighted by atomic mass is 10.0. The Balaban J connectivity index is 2.31. The van der Waals surface area contributed by atoms with E-state index in [1.54, 1.807) is 0 Å². The molecule has 3 N–H and O–H groups in total. The van der Waals surface area contributed by atoms with Crippen molar-refractivity contribution in [3.8, 4) is 5.75 Å². The summed E-state index contributed by atoms with van der Waals surface area (Å²) in [4.78, 5) is 0. The Labute approximate surface area is 97.0 Å². The van der Waals surface area contributed by atoms with Crippen LogP contribution in [0.5, 0.6) is 5.75 Å². The van der Waals surface area contributed by atoms with Gasteiger partial charge in [-0.3, -0.25) is 0 Å². The predicted octanol–water partition coefficient (Wildman–Crippen LogP) is 2.66. The Morgan fingerprint density at radius 1 is 1.50 bits per heavy atom. The second kappa shape index (κ2) is 4.24. The standard InChI is InChI=1S/C13H20N2O/c1-8(2)4-10-5-11(14)13-12(6-10)15-7-9(3)16-13/h5-6,8-9,15H,4,7,14H2,1-3H3. The molecular weight excluding hydrogens is 200 g/mol.